The van der Waals surface area contributed by atoms with Gasteiger partial charge in [-0.15, -0.1) is 0 Å². The van der Waals surface area contributed by atoms with Crippen molar-refractivity contribution in [1.29, 1.82) is 5.26 Å². The first-order chi connectivity index (χ1) is 10.3. The summed E-state index contributed by atoms with van der Waals surface area (Å²) >= 11 is 0. The van der Waals surface area contributed by atoms with E-state index in [2.05, 4.69) is 19.6 Å². The maximum atomic E-state index is 11.0. The quantitative estimate of drug-likeness (QED) is 0.229. The Morgan fingerprint density at radius 2 is 1.95 bits per heavy atom. The standard InChI is InChI=1S/C15H22N2O4Si/c1-22(2,3)9-8-21-12-20-7-6-14-10-13(11-16)4-5-15(14)17(18)19/h4-5,10H,6-9,12H2,1-3H3. The average molecular weight is 322 g/mol. The van der Waals surface area contributed by atoms with Crippen LogP contribution in [0.15, 0.2) is 18.2 Å². The van der Waals surface area contributed by atoms with Gasteiger partial charge < -0.3 is 9.47 Å². The zero-order valence-electron chi connectivity index (χ0n) is 13.3. The van der Waals surface area contributed by atoms with Gasteiger partial charge in [-0.1, -0.05) is 19.6 Å². The molecule has 22 heavy (non-hydrogen) atoms. The molecule has 1 aromatic rings. The highest BCUT2D eigenvalue weighted by molar-refractivity contribution is 6.76. The summed E-state index contributed by atoms with van der Waals surface area (Å²) in [5.74, 6) is 0. The molecule has 1 rings (SSSR count). The Bertz CT molecular complexity index is 549. The molecule has 6 nitrogen and oxygen atoms in total. The third-order valence-corrected chi connectivity index (χ3v) is 4.79. The third-order valence-electron chi connectivity index (χ3n) is 3.08. The number of nitrogens with zero attached hydrogens (tertiary/aromatic N) is 2. The Kier molecular flexibility index (Phi) is 7.18. The van der Waals surface area contributed by atoms with Crippen LogP contribution in [0.2, 0.25) is 25.7 Å². The van der Waals surface area contributed by atoms with E-state index in [9.17, 15) is 10.1 Å². The van der Waals surface area contributed by atoms with Gasteiger partial charge in [0.1, 0.15) is 6.79 Å². The molecular weight excluding hydrogens is 300 g/mol. The molecule has 0 fully saturated rings. The normalized spacial score (nSPS) is 11.2. The number of benzene rings is 1. The number of ether oxygens (including phenoxy) is 2. The zero-order valence-corrected chi connectivity index (χ0v) is 14.3. The maximum absolute atomic E-state index is 11.0. The fourth-order valence-corrected chi connectivity index (χ4v) is 2.53. The predicted octanol–water partition coefficient (Wildman–Crippen LogP) is 3.34. The van der Waals surface area contributed by atoms with Gasteiger partial charge in [-0.05, 0) is 18.2 Å². The highest BCUT2D eigenvalue weighted by atomic mass is 28.3. The molecule has 0 bridgehead atoms. The highest BCUT2D eigenvalue weighted by Gasteiger charge is 2.14. The second kappa shape index (κ2) is 8.63. The van der Waals surface area contributed by atoms with Gasteiger partial charge in [0.2, 0.25) is 0 Å². The summed E-state index contributed by atoms with van der Waals surface area (Å²) in [7, 11) is -1.10. The van der Waals surface area contributed by atoms with Crippen LogP contribution in [0.3, 0.4) is 0 Å². The van der Waals surface area contributed by atoms with Crippen LogP contribution in [0.1, 0.15) is 11.1 Å². The van der Waals surface area contributed by atoms with Gasteiger partial charge in [0.15, 0.2) is 0 Å². The number of hydrogen-bond donors (Lipinski definition) is 0. The minimum absolute atomic E-state index is 0.0160. The van der Waals surface area contributed by atoms with E-state index in [4.69, 9.17) is 14.7 Å². The zero-order chi connectivity index (χ0) is 16.6. The molecule has 0 N–H and O–H groups in total. The summed E-state index contributed by atoms with van der Waals surface area (Å²) in [6.07, 6.45) is 0.378. The van der Waals surface area contributed by atoms with E-state index in [0.717, 1.165) is 6.04 Å². The largest absolute Gasteiger partial charge is 0.356 e. The first kappa shape index (κ1) is 18.3. The van der Waals surface area contributed by atoms with Crippen molar-refractivity contribution >= 4 is 13.8 Å². The Morgan fingerprint density at radius 3 is 2.55 bits per heavy atom. The SMILES string of the molecule is C[Si](C)(C)CCOCOCCc1cc(C#N)ccc1[N+](=O)[O-]. The smallest absolute Gasteiger partial charge is 0.272 e. The molecule has 0 spiro atoms. The van der Waals surface area contributed by atoms with E-state index in [1.807, 2.05) is 6.07 Å². The van der Waals surface area contributed by atoms with Crippen molar-refractivity contribution in [3.8, 4) is 6.07 Å². The fraction of sp³-hybridized carbons (Fsp3) is 0.533. The van der Waals surface area contributed by atoms with Crippen molar-refractivity contribution in [2.24, 2.45) is 0 Å². The van der Waals surface area contributed by atoms with Crippen LogP contribution in [0, 0.1) is 21.4 Å². The minimum atomic E-state index is -1.10. The van der Waals surface area contributed by atoms with Crippen molar-refractivity contribution in [1.82, 2.24) is 0 Å². The van der Waals surface area contributed by atoms with Crippen LogP contribution in [0.5, 0.6) is 0 Å². The summed E-state index contributed by atoms with van der Waals surface area (Å²) in [5.41, 5.74) is 0.931. The molecule has 7 heteroatoms. The van der Waals surface area contributed by atoms with E-state index in [1.165, 1.54) is 18.2 Å². The molecule has 0 aliphatic carbocycles. The first-order valence-electron chi connectivity index (χ1n) is 7.16. The second-order valence-electron chi connectivity index (χ2n) is 6.21. The molecule has 120 valence electrons. The fourth-order valence-electron chi connectivity index (χ4n) is 1.77. The number of rotatable bonds is 9. The number of nitro groups is 1. The molecule has 0 aromatic heterocycles. The van der Waals surface area contributed by atoms with Crippen LogP contribution in [-0.2, 0) is 15.9 Å². The minimum Gasteiger partial charge on any atom is -0.356 e. The molecular formula is C15H22N2O4Si. The average Bonchev–Trinajstić information content (AvgIpc) is 2.44. The van der Waals surface area contributed by atoms with E-state index < -0.39 is 13.0 Å². The first-order valence-corrected chi connectivity index (χ1v) is 10.9. The molecule has 0 amide bonds. The number of nitriles is 1. The molecule has 0 aliphatic rings. The van der Waals surface area contributed by atoms with Crippen molar-refractivity contribution in [2.45, 2.75) is 32.1 Å². The Labute approximate surface area is 131 Å². The van der Waals surface area contributed by atoms with Crippen LogP contribution >= 0.6 is 0 Å². The monoisotopic (exact) mass is 322 g/mol. The lowest BCUT2D eigenvalue weighted by atomic mass is 10.1. The van der Waals surface area contributed by atoms with Crippen LogP contribution in [0.25, 0.3) is 0 Å². The van der Waals surface area contributed by atoms with Gasteiger partial charge in [0.05, 0.1) is 23.2 Å². The Hall–Kier alpha value is -1.75. The van der Waals surface area contributed by atoms with Crippen molar-refractivity contribution < 1.29 is 14.4 Å². The van der Waals surface area contributed by atoms with Crippen molar-refractivity contribution in [2.75, 3.05) is 20.0 Å². The maximum Gasteiger partial charge on any atom is 0.272 e. The summed E-state index contributed by atoms with van der Waals surface area (Å²) in [6, 6.07) is 7.40. The molecule has 0 aliphatic heterocycles. The third kappa shape index (κ3) is 6.80. The van der Waals surface area contributed by atoms with E-state index >= 15 is 0 Å². The Balaban J connectivity index is 2.38. The molecule has 0 atom stereocenters. The van der Waals surface area contributed by atoms with Crippen LogP contribution in [0.4, 0.5) is 5.69 Å². The summed E-state index contributed by atoms with van der Waals surface area (Å²) in [6.45, 7) is 8.02. The molecule has 0 heterocycles. The van der Waals surface area contributed by atoms with Gasteiger partial charge in [0.25, 0.3) is 5.69 Å². The summed E-state index contributed by atoms with van der Waals surface area (Å²) in [5, 5.41) is 19.8. The van der Waals surface area contributed by atoms with Gasteiger partial charge in [0, 0.05) is 32.7 Å². The Morgan fingerprint density at radius 1 is 1.27 bits per heavy atom. The lowest BCUT2D eigenvalue weighted by molar-refractivity contribution is -0.385. The molecule has 0 saturated heterocycles. The van der Waals surface area contributed by atoms with Crippen molar-refractivity contribution in [3.05, 3.63) is 39.4 Å². The molecule has 0 saturated carbocycles. The lowest BCUT2D eigenvalue weighted by Gasteiger charge is -2.15. The summed E-state index contributed by atoms with van der Waals surface area (Å²) in [4.78, 5) is 10.5. The van der Waals surface area contributed by atoms with Crippen LogP contribution in [-0.4, -0.2) is 33.0 Å². The van der Waals surface area contributed by atoms with E-state index in [0.29, 0.717) is 30.8 Å². The highest BCUT2D eigenvalue weighted by Crippen LogP contribution is 2.20. The second-order valence-corrected chi connectivity index (χ2v) is 11.8. The lowest BCUT2D eigenvalue weighted by Crippen LogP contribution is -2.22. The van der Waals surface area contributed by atoms with Gasteiger partial charge in [-0.25, -0.2) is 0 Å². The molecule has 1 aromatic carbocycles. The van der Waals surface area contributed by atoms with Gasteiger partial charge in [-0.2, -0.15) is 5.26 Å². The van der Waals surface area contributed by atoms with Crippen LogP contribution < -0.4 is 0 Å². The van der Waals surface area contributed by atoms with Crippen molar-refractivity contribution in [3.63, 3.8) is 0 Å². The predicted molar refractivity (Wildman–Crippen MR) is 86.4 cm³/mol. The number of hydrogen-bond acceptors (Lipinski definition) is 5. The van der Waals surface area contributed by atoms with E-state index in [1.54, 1.807) is 0 Å². The van der Waals surface area contributed by atoms with Gasteiger partial charge in [-0.3, -0.25) is 10.1 Å². The number of nitro benzene ring substituents is 1. The van der Waals surface area contributed by atoms with Gasteiger partial charge >= 0.3 is 0 Å². The topological polar surface area (TPSA) is 85.4 Å². The molecule has 0 unspecified atom stereocenters. The summed E-state index contributed by atoms with van der Waals surface area (Å²) < 4.78 is 10.7. The van der Waals surface area contributed by atoms with E-state index in [-0.39, 0.29) is 12.5 Å². The molecule has 0 radical (unpaired) electrons.